The van der Waals surface area contributed by atoms with E-state index in [1.807, 2.05) is 22.7 Å². The first-order valence-electron chi connectivity index (χ1n) is 18.5. The average Bonchev–Trinajstić information content (AvgIpc) is 3.80. The zero-order valence-corrected chi connectivity index (χ0v) is 30.8. The van der Waals surface area contributed by atoms with Gasteiger partial charge in [0.1, 0.15) is 0 Å². The molecule has 10 aromatic carbocycles. The van der Waals surface area contributed by atoms with E-state index in [4.69, 9.17) is 0 Å². The molecule has 0 spiro atoms. The van der Waals surface area contributed by atoms with Crippen molar-refractivity contribution < 1.29 is 0 Å². The molecule has 0 nitrogen and oxygen atoms in total. The highest BCUT2D eigenvalue weighted by Crippen LogP contribution is 2.48. The van der Waals surface area contributed by atoms with Crippen LogP contribution in [-0.2, 0) is 0 Å². The van der Waals surface area contributed by atoms with Crippen LogP contribution in [0.2, 0.25) is 0 Å². The minimum atomic E-state index is 1.24. The number of benzene rings is 10. The Morgan fingerprint density at radius 3 is 1.57 bits per heavy atom. The van der Waals surface area contributed by atoms with Gasteiger partial charge in [-0.3, -0.25) is 0 Å². The van der Waals surface area contributed by atoms with Crippen molar-refractivity contribution in [3.63, 3.8) is 0 Å². The summed E-state index contributed by atoms with van der Waals surface area (Å²) in [5, 5.41) is 15.7. The minimum Gasteiger partial charge on any atom is -0.135 e. The van der Waals surface area contributed by atoms with Crippen molar-refractivity contribution in [2.45, 2.75) is 0 Å². The lowest BCUT2D eigenvalue weighted by molar-refractivity contribution is 1.66. The maximum Gasteiger partial charge on any atom is 0.0434 e. The van der Waals surface area contributed by atoms with Gasteiger partial charge in [0.15, 0.2) is 0 Å². The van der Waals surface area contributed by atoms with E-state index in [-0.39, 0.29) is 0 Å². The number of thiophene rings is 2. The fourth-order valence-electron chi connectivity index (χ4n) is 9.05. The Labute approximate surface area is 319 Å². The van der Waals surface area contributed by atoms with Gasteiger partial charge in [-0.2, -0.15) is 0 Å². The van der Waals surface area contributed by atoms with Crippen LogP contribution < -0.4 is 0 Å². The first-order valence-corrected chi connectivity index (χ1v) is 20.1. The van der Waals surface area contributed by atoms with Crippen LogP contribution in [0.25, 0.3) is 117 Å². The molecule has 0 unspecified atom stereocenters. The summed E-state index contributed by atoms with van der Waals surface area (Å²) < 4.78 is 5.41. The summed E-state index contributed by atoms with van der Waals surface area (Å²) in [6.07, 6.45) is 0. The van der Waals surface area contributed by atoms with Crippen molar-refractivity contribution in [1.82, 2.24) is 0 Å². The highest BCUT2D eigenvalue weighted by atomic mass is 32.1. The number of rotatable bonds is 3. The fraction of sp³-hybridized carbons (Fsp3) is 0. The zero-order chi connectivity index (χ0) is 35.3. The smallest absolute Gasteiger partial charge is 0.0434 e. The van der Waals surface area contributed by atoms with Gasteiger partial charge in [-0.15, -0.1) is 22.7 Å². The monoisotopic (exact) mass is 718 g/mol. The molecule has 54 heavy (non-hydrogen) atoms. The minimum absolute atomic E-state index is 1.24. The van der Waals surface area contributed by atoms with Crippen LogP contribution in [0.3, 0.4) is 0 Å². The first-order chi connectivity index (χ1) is 26.8. The molecule has 0 atom stereocenters. The SMILES string of the molecule is c1ccc(-c2c3ccccc3c(-c3ccc(-c4ccc5sc6cc7c(ccc8c9ccccc9sc78)cc6c5c4)c4ccccc34)c3ccccc23)cc1. The molecule has 0 N–H and O–H groups in total. The van der Waals surface area contributed by atoms with Crippen molar-refractivity contribution in [2.24, 2.45) is 0 Å². The van der Waals surface area contributed by atoms with Crippen molar-refractivity contribution in [3.05, 3.63) is 182 Å². The van der Waals surface area contributed by atoms with E-state index in [9.17, 15) is 0 Å². The molecular formula is C52H30S2. The van der Waals surface area contributed by atoms with Gasteiger partial charge >= 0.3 is 0 Å². The Kier molecular flexibility index (Phi) is 6.48. The molecular weight excluding hydrogens is 689 g/mol. The van der Waals surface area contributed by atoms with Gasteiger partial charge in [-0.1, -0.05) is 152 Å². The van der Waals surface area contributed by atoms with Crippen LogP contribution in [0.15, 0.2) is 182 Å². The topological polar surface area (TPSA) is 0 Å². The third-order valence-electron chi connectivity index (χ3n) is 11.4. The maximum absolute atomic E-state index is 2.44. The molecule has 0 saturated carbocycles. The quantitative estimate of drug-likeness (QED) is 0.160. The molecule has 2 heterocycles. The predicted molar refractivity (Wildman–Crippen MR) is 239 cm³/mol. The molecule has 0 radical (unpaired) electrons. The molecule has 250 valence electrons. The zero-order valence-electron chi connectivity index (χ0n) is 29.1. The number of hydrogen-bond acceptors (Lipinski definition) is 2. The van der Waals surface area contributed by atoms with Crippen molar-refractivity contribution in [1.29, 1.82) is 0 Å². The first kappa shape index (κ1) is 30.2. The second-order valence-electron chi connectivity index (χ2n) is 14.3. The average molecular weight is 719 g/mol. The van der Waals surface area contributed by atoms with Gasteiger partial charge in [0.05, 0.1) is 0 Å². The normalized spacial score (nSPS) is 12.1. The second kappa shape index (κ2) is 11.6. The van der Waals surface area contributed by atoms with Gasteiger partial charge in [0.2, 0.25) is 0 Å². The van der Waals surface area contributed by atoms with Gasteiger partial charge < -0.3 is 0 Å². The number of fused-ring (bicyclic) bond motifs is 11. The molecule has 0 amide bonds. The molecule has 0 fully saturated rings. The molecule has 0 aliphatic heterocycles. The van der Waals surface area contributed by atoms with Crippen LogP contribution in [0.5, 0.6) is 0 Å². The van der Waals surface area contributed by atoms with Crippen LogP contribution in [-0.4, -0.2) is 0 Å². The summed E-state index contributed by atoms with van der Waals surface area (Å²) in [6, 6.07) is 67.8. The van der Waals surface area contributed by atoms with Crippen molar-refractivity contribution in [2.75, 3.05) is 0 Å². The van der Waals surface area contributed by atoms with E-state index in [2.05, 4.69) is 182 Å². The van der Waals surface area contributed by atoms with Gasteiger partial charge in [0.25, 0.3) is 0 Å². The second-order valence-corrected chi connectivity index (χ2v) is 16.5. The summed E-state index contributed by atoms with van der Waals surface area (Å²) in [5.41, 5.74) is 7.61. The van der Waals surface area contributed by atoms with Gasteiger partial charge in [0, 0.05) is 45.7 Å². The third kappa shape index (κ3) is 4.36. The Hall–Kier alpha value is -6.32. The Morgan fingerprint density at radius 2 is 0.833 bits per heavy atom. The maximum atomic E-state index is 2.44. The van der Waals surface area contributed by atoms with Crippen molar-refractivity contribution >= 4 is 106 Å². The lowest BCUT2D eigenvalue weighted by Crippen LogP contribution is -1.92. The fourth-order valence-corrected chi connectivity index (χ4v) is 11.4. The molecule has 2 aromatic heterocycles. The van der Waals surface area contributed by atoms with E-state index >= 15 is 0 Å². The van der Waals surface area contributed by atoms with Crippen molar-refractivity contribution in [3.8, 4) is 33.4 Å². The van der Waals surface area contributed by atoms with E-state index < -0.39 is 0 Å². The van der Waals surface area contributed by atoms with E-state index in [1.165, 1.54) is 117 Å². The van der Waals surface area contributed by atoms with Crippen LogP contribution >= 0.6 is 22.7 Å². The Bertz CT molecular complexity index is 3430. The highest BCUT2D eigenvalue weighted by molar-refractivity contribution is 7.27. The molecule has 0 aliphatic rings. The summed E-state index contributed by atoms with van der Waals surface area (Å²) in [5.74, 6) is 0. The molecule has 0 aliphatic carbocycles. The Morgan fingerprint density at radius 1 is 0.259 bits per heavy atom. The largest absolute Gasteiger partial charge is 0.135 e. The summed E-state index contributed by atoms with van der Waals surface area (Å²) in [7, 11) is 0. The Balaban J connectivity index is 1.06. The highest BCUT2D eigenvalue weighted by Gasteiger charge is 2.19. The predicted octanol–water partition coefficient (Wildman–Crippen LogP) is 16.0. The summed E-state index contributed by atoms with van der Waals surface area (Å²) in [6.45, 7) is 0. The van der Waals surface area contributed by atoms with Gasteiger partial charge in [-0.25, -0.2) is 0 Å². The molecule has 2 heteroatoms. The molecule has 0 bridgehead atoms. The van der Waals surface area contributed by atoms with Crippen LogP contribution in [0.4, 0.5) is 0 Å². The molecule has 0 saturated heterocycles. The molecule has 12 rings (SSSR count). The third-order valence-corrected chi connectivity index (χ3v) is 13.8. The summed E-state index contributed by atoms with van der Waals surface area (Å²) >= 11 is 3.82. The van der Waals surface area contributed by atoms with E-state index in [0.717, 1.165) is 0 Å². The standard InChI is InChI=1S/C52H30S2/c1-2-12-31(13-3-1)50-38-17-6-8-19-40(38)51(41-20-9-7-18-39(41)50)42-26-25-34(35-14-4-5-15-36(35)42)32-23-27-48-45(28-32)46-29-33-22-24-43-37-16-10-11-21-47(37)54-52(43)44(33)30-49(46)53-48/h1-30H. The van der Waals surface area contributed by atoms with Crippen LogP contribution in [0, 0.1) is 0 Å². The number of hydrogen-bond donors (Lipinski definition) is 0. The summed E-state index contributed by atoms with van der Waals surface area (Å²) in [4.78, 5) is 0. The lowest BCUT2D eigenvalue weighted by atomic mass is 9.84. The van der Waals surface area contributed by atoms with Gasteiger partial charge in [-0.05, 0) is 101 Å². The molecule has 12 aromatic rings. The van der Waals surface area contributed by atoms with Crippen LogP contribution in [0.1, 0.15) is 0 Å². The lowest BCUT2D eigenvalue weighted by Gasteiger charge is -2.19. The van der Waals surface area contributed by atoms with E-state index in [0.29, 0.717) is 0 Å². The van der Waals surface area contributed by atoms with E-state index in [1.54, 1.807) is 0 Å².